The van der Waals surface area contributed by atoms with Gasteiger partial charge >= 0.3 is 0 Å². The highest BCUT2D eigenvalue weighted by Crippen LogP contribution is 2.16. The number of halogens is 1. The summed E-state index contributed by atoms with van der Waals surface area (Å²) in [6.45, 7) is 1.78. The maximum atomic E-state index is 4.89. The van der Waals surface area contributed by atoms with E-state index in [1.54, 1.807) is 12.5 Å². The van der Waals surface area contributed by atoms with E-state index in [1.165, 1.54) is 3.58 Å². The minimum absolute atomic E-state index is 0.887. The van der Waals surface area contributed by atoms with E-state index in [1.807, 2.05) is 6.08 Å². The monoisotopic (exact) mass is 266 g/mol. The van der Waals surface area contributed by atoms with Crippen molar-refractivity contribution in [3.63, 3.8) is 0 Å². The number of ether oxygens (including phenoxy) is 2. The van der Waals surface area contributed by atoms with Gasteiger partial charge < -0.3 is 9.47 Å². The third kappa shape index (κ3) is 4.29. The lowest BCUT2D eigenvalue weighted by Crippen LogP contribution is -1.71. The Hall–Kier alpha value is -0.190. The topological polar surface area (TPSA) is 18.5 Å². The maximum absolute atomic E-state index is 4.89. The van der Waals surface area contributed by atoms with Crippen LogP contribution in [-0.4, -0.2) is 13.2 Å². The summed E-state index contributed by atoms with van der Waals surface area (Å²) in [6, 6.07) is 0. The zero-order valence-corrected chi connectivity index (χ0v) is 8.41. The fourth-order valence-corrected chi connectivity index (χ4v) is 1.10. The first-order chi connectivity index (χ1) is 5.39. The fourth-order valence-electron chi connectivity index (χ4n) is 0.705. The molecule has 62 valence electrons. The van der Waals surface area contributed by atoms with Crippen LogP contribution >= 0.6 is 22.6 Å². The molecule has 11 heavy (non-hydrogen) atoms. The van der Waals surface area contributed by atoms with Crippen molar-refractivity contribution in [3.8, 4) is 0 Å². The first-order valence-corrected chi connectivity index (χ1v) is 4.70. The summed E-state index contributed by atoms with van der Waals surface area (Å²) in [7, 11) is 0. The second kappa shape index (κ2) is 5.46. The SMILES string of the molecule is C1=COCC1.IC1=COCC1. The molecule has 3 heteroatoms. The normalized spacial score (nSPS) is 19.5. The summed E-state index contributed by atoms with van der Waals surface area (Å²) in [5.41, 5.74) is 0. The fraction of sp³-hybridized carbons (Fsp3) is 0.500. The van der Waals surface area contributed by atoms with Gasteiger partial charge in [-0.05, 0) is 28.7 Å². The van der Waals surface area contributed by atoms with Crippen LogP contribution in [0.2, 0.25) is 0 Å². The number of hydrogen-bond donors (Lipinski definition) is 0. The number of rotatable bonds is 0. The Labute approximate surface area is 80.4 Å². The molecular formula is C8H11IO2. The summed E-state index contributed by atoms with van der Waals surface area (Å²) in [4.78, 5) is 0. The average Bonchev–Trinajstić information content (AvgIpc) is 2.57. The molecule has 0 aromatic carbocycles. The van der Waals surface area contributed by atoms with Crippen molar-refractivity contribution < 1.29 is 9.47 Å². The van der Waals surface area contributed by atoms with Crippen molar-refractivity contribution in [1.29, 1.82) is 0 Å². The summed E-state index contributed by atoms with van der Waals surface area (Å²) < 4.78 is 11.0. The number of hydrogen-bond acceptors (Lipinski definition) is 2. The van der Waals surface area contributed by atoms with Gasteiger partial charge in [0.05, 0.1) is 25.7 Å². The molecule has 2 nitrogen and oxygen atoms in total. The Morgan fingerprint density at radius 2 is 2.18 bits per heavy atom. The van der Waals surface area contributed by atoms with Gasteiger partial charge in [0.1, 0.15) is 0 Å². The standard InChI is InChI=1S/C4H5IO.C4H6O/c5-4-1-2-6-3-4;1-2-4-5-3-1/h3H,1-2H2;1,3H,2,4H2. The lowest BCUT2D eigenvalue weighted by atomic mass is 10.5. The molecule has 0 aromatic heterocycles. The third-order valence-electron chi connectivity index (χ3n) is 1.26. The Morgan fingerprint density at radius 3 is 2.36 bits per heavy atom. The van der Waals surface area contributed by atoms with Gasteiger partial charge in [0.2, 0.25) is 0 Å². The zero-order valence-electron chi connectivity index (χ0n) is 6.25. The minimum Gasteiger partial charge on any atom is -0.501 e. The van der Waals surface area contributed by atoms with Crippen LogP contribution in [0.15, 0.2) is 22.2 Å². The van der Waals surface area contributed by atoms with E-state index in [0.717, 1.165) is 26.1 Å². The summed E-state index contributed by atoms with van der Waals surface area (Å²) >= 11 is 2.27. The van der Waals surface area contributed by atoms with Crippen LogP contribution in [0.1, 0.15) is 12.8 Å². The third-order valence-corrected chi connectivity index (χ3v) is 2.06. The molecule has 0 amide bonds. The lowest BCUT2D eigenvalue weighted by Gasteiger charge is -1.79. The van der Waals surface area contributed by atoms with Crippen LogP contribution in [0.25, 0.3) is 0 Å². The van der Waals surface area contributed by atoms with E-state index in [2.05, 4.69) is 22.6 Å². The molecule has 0 N–H and O–H groups in total. The molecule has 0 atom stereocenters. The van der Waals surface area contributed by atoms with Gasteiger partial charge in [-0.3, -0.25) is 0 Å². The van der Waals surface area contributed by atoms with Crippen LogP contribution in [-0.2, 0) is 9.47 Å². The molecule has 0 spiro atoms. The van der Waals surface area contributed by atoms with Gasteiger partial charge in [-0.25, -0.2) is 0 Å². The van der Waals surface area contributed by atoms with E-state index >= 15 is 0 Å². The van der Waals surface area contributed by atoms with Gasteiger partial charge in [-0.15, -0.1) is 0 Å². The lowest BCUT2D eigenvalue weighted by molar-refractivity contribution is 0.281. The molecule has 0 radical (unpaired) electrons. The van der Waals surface area contributed by atoms with Crippen LogP contribution in [0, 0.1) is 0 Å². The molecule has 0 fully saturated rings. The Morgan fingerprint density at radius 1 is 1.27 bits per heavy atom. The van der Waals surface area contributed by atoms with Gasteiger partial charge in [0.25, 0.3) is 0 Å². The first kappa shape index (κ1) is 8.90. The molecule has 0 bridgehead atoms. The molecule has 0 saturated heterocycles. The van der Waals surface area contributed by atoms with Crippen molar-refractivity contribution in [2.24, 2.45) is 0 Å². The molecule has 0 aliphatic carbocycles. The molecule has 0 aromatic rings. The maximum Gasteiger partial charge on any atom is 0.0923 e. The first-order valence-electron chi connectivity index (χ1n) is 3.62. The summed E-state index contributed by atoms with van der Waals surface area (Å²) in [5.74, 6) is 0. The molecular weight excluding hydrogens is 255 g/mol. The smallest absolute Gasteiger partial charge is 0.0923 e. The van der Waals surface area contributed by atoms with Crippen LogP contribution in [0.3, 0.4) is 0 Å². The molecule has 2 aliphatic rings. The van der Waals surface area contributed by atoms with E-state index in [4.69, 9.17) is 9.47 Å². The van der Waals surface area contributed by atoms with Crippen molar-refractivity contribution in [2.75, 3.05) is 13.2 Å². The largest absolute Gasteiger partial charge is 0.501 e. The van der Waals surface area contributed by atoms with Crippen molar-refractivity contribution >= 4 is 22.6 Å². The van der Waals surface area contributed by atoms with E-state index < -0.39 is 0 Å². The zero-order chi connectivity index (χ0) is 7.94. The Balaban J connectivity index is 0.000000112. The Bertz CT molecular complexity index is 157. The van der Waals surface area contributed by atoms with Crippen molar-refractivity contribution in [1.82, 2.24) is 0 Å². The predicted octanol–water partition coefficient (Wildman–Crippen LogP) is 2.60. The van der Waals surface area contributed by atoms with E-state index in [9.17, 15) is 0 Å². The second-order valence-electron chi connectivity index (χ2n) is 2.22. The minimum atomic E-state index is 0.887. The second-order valence-corrected chi connectivity index (χ2v) is 3.60. The Kier molecular flexibility index (Phi) is 4.42. The summed E-state index contributed by atoms with van der Waals surface area (Å²) in [5, 5.41) is 0. The van der Waals surface area contributed by atoms with E-state index in [0.29, 0.717) is 0 Å². The van der Waals surface area contributed by atoms with Gasteiger partial charge in [0.15, 0.2) is 0 Å². The van der Waals surface area contributed by atoms with Gasteiger partial charge in [-0.2, -0.15) is 0 Å². The quantitative estimate of drug-likeness (QED) is 0.627. The molecule has 2 rings (SSSR count). The highest BCUT2D eigenvalue weighted by Gasteiger charge is 1.97. The van der Waals surface area contributed by atoms with Crippen LogP contribution in [0.4, 0.5) is 0 Å². The van der Waals surface area contributed by atoms with Crippen LogP contribution < -0.4 is 0 Å². The highest BCUT2D eigenvalue weighted by atomic mass is 127. The predicted molar refractivity (Wildman–Crippen MR) is 52.4 cm³/mol. The van der Waals surface area contributed by atoms with Crippen molar-refractivity contribution in [3.05, 3.63) is 22.2 Å². The summed E-state index contributed by atoms with van der Waals surface area (Å²) in [6.07, 6.45) is 7.76. The average molecular weight is 266 g/mol. The van der Waals surface area contributed by atoms with E-state index in [-0.39, 0.29) is 0 Å². The van der Waals surface area contributed by atoms with Crippen molar-refractivity contribution in [2.45, 2.75) is 12.8 Å². The molecule has 0 saturated carbocycles. The molecule has 2 aliphatic heterocycles. The molecule has 2 heterocycles. The van der Waals surface area contributed by atoms with Crippen LogP contribution in [0.5, 0.6) is 0 Å². The molecule has 0 unspecified atom stereocenters. The van der Waals surface area contributed by atoms with Gasteiger partial charge in [-0.1, -0.05) is 0 Å². The van der Waals surface area contributed by atoms with Gasteiger partial charge in [0, 0.05) is 16.4 Å². The highest BCUT2D eigenvalue weighted by molar-refractivity contribution is 14.1.